The van der Waals surface area contributed by atoms with E-state index in [1.165, 1.54) is 62.0 Å². The summed E-state index contributed by atoms with van der Waals surface area (Å²) >= 11 is 12.8. The van der Waals surface area contributed by atoms with Crippen molar-refractivity contribution in [2.75, 3.05) is 0 Å². The Hall–Kier alpha value is -5.25. The summed E-state index contributed by atoms with van der Waals surface area (Å²) in [4.78, 5) is 31.4. The zero-order valence-corrected chi connectivity index (χ0v) is 33.9. The van der Waals surface area contributed by atoms with Gasteiger partial charge in [-0.2, -0.15) is 35.7 Å². The third-order valence-electron chi connectivity index (χ3n) is 7.36. The molecule has 0 aliphatic carbocycles. The van der Waals surface area contributed by atoms with Gasteiger partial charge in [-0.05, 0) is 97.6 Å². The molecular weight excluding hydrogens is 930 g/mol. The van der Waals surface area contributed by atoms with E-state index in [2.05, 4.69) is 41.0 Å². The van der Waals surface area contributed by atoms with Gasteiger partial charge in [-0.15, -0.1) is 55.5 Å². The molecule has 0 amide bonds. The molecule has 0 bridgehead atoms. The molecular formula is C32H15ClF6N10O4S6. The summed E-state index contributed by atoms with van der Waals surface area (Å²) in [6.45, 7) is 0. The molecule has 0 aliphatic heterocycles. The second-order valence-corrected chi connectivity index (χ2v) is 17.5. The van der Waals surface area contributed by atoms with Crippen molar-refractivity contribution in [3.8, 4) is 32.5 Å². The predicted molar refractivity (Wildman–Crippen MR) is 206 cm³/mol. The molecule has 2 N–H and O–H groups in total. The molecule has 302 valence electrons. The van der Waals surface area contributed by atoms with E-state index in [4.69, 9.17) is 11.6 Å². The number of carboxylic acids is 2. The zero-order valence-electron chi connectivity index (χ0n) is 28.3. The van der Waals surface area contributed by atoms with Crippen molar-refractivity contribution in [1.82, 2.24) is 50.4 Å². The molecule has 0 aliphatic rings. The van der Waals surface area contributed by atoms with Crippen molar-refractivity contribution in [2.45, 2.75) is 31.3 Å². The lowest BCUT2D eigenvalue weighted by molar-refractivity contribution is -0.143. The van der Waals surface area contributed by atoms with Crippen molar-refractivity contribution in [2.24, 2.45) is 0 Å². The molecule has 14 nitrogen and oxygen atoms in total. The monoisotopic (exact) mass is 944 g/mol. The third-order valence-corrected chi connectivity index (χ3v) is 13.1. The molecule has 27 heteroatoms. The van der Waals surface area contributed by atoms with Crippen LogP contribution < -0.4 is 0 Å². The second-order valence-electron chi connectivity index (χ2n) is 11.1. The molecule has 0 spiro atoms. The Bertz CT molecular complexity index is 2750. The van der Waals surface area contributed by atoms with E-state index in [9.17, 15) is 46.1 Å². The fourth-order valence-corrected chi connectivity index (χ4v) is 10.1. The third kappa shape index (κ3) is 9.63. The number of carbonyl (C=O) groups is 2. The van der Waals surface area contributed by atoms with Crippen LogP contribution in [-0.4, -0.2) is 72.5 Å². The minimum absolute atomic E-state index is 0.0424. The average Bonchev–Trinajstić information content (AvgIpc) is 4.03. The summed E-state index contributed by atoms with van der Waals surface area (Å²) < 4.78 is 82.3. The lowest BCUT2D eigenvalue weighted by Crippen LogP contribution is -2.11. The maximum atomic E-state index is 13.1. The molecule has 0 saturated carbocycles. The standard InChI is InChI=1S/C17H7F6N5O2S3.C15H8ClN5O2S3/c18-16(19,20)8-3-7(4-9(5-8)17(21,22)23)11-6-32-15(24-11)33-14-25-26-27-28(14)12-10(13(29)30)1-2-31-12;16-9-3-1-8(2-4-9)11-7-25-15(17-11)26-14-18-19-20-21(14)12-10(13(22)23)5-6-24-12/h1-6H,(H,29,30);1-7H,(H,22,23). The Balaban J connectivity index is 0.000000184. The van der Waals surface area contributed by atoms with Crippen LogP contribution >= 0.6 is 80.5 Å². The van der Waals surface area contributed by atoms with Crippen LogP contribution in [0.5, 0.6) is 0 Å². The highest BCUT2D eigenvalue weighted by atomic mass is 35.5. The summed E-state index contributed by atoms with van der Waals surface area (Å²) in [6, 6.07) is 11.6. The first-order valence-electron chi connectivity index (χ1n) is 15.6. The molecule has 0 saturated heterocycles. The van der Waals surface area contributed by atoms with E-state index in [1.807, 2.05) is 29.6 Å². The number of rotatable bonds is 10. The molecule has 0 fully saturated rings. The van der Waals surface area contributed by atoms with Gasteiger partial charge in [0.2, 0.25) is 10.3 Å². The maximum Gasteiger partial charge on any atom is 0.416 e. The van der Waals surface area contributed by atoms with E-state index >= 15 is 0 Å². The lowest BCUT2D eigenvalue weighted by atomic mass is 10.0. The zero-order chi connectivity index (χ0) is 42.1. The number of thiophene rings is 2. The van der Waals surface area contributed by atoms with Gasteiger partial charge in [-0.1, -0.05) is 23.7 Å². The second kappa shape index (κ2) is 17.2. The van der Waals surface area contributed by atoms with Gasteiger partial charge in [0.25, 0.3) is 0 Å². The Labute approximate surface area is 354 Å². The number of carboxylic acid groups (broad SMARTS) is 2. The van der Waals surface area contributed by atoms with Crippen LogP contribution in [0.2, 0.25) is 5.02 Å². The fraction of sp³-hybridized carbons (Fsp3) is 0.0625. The van der Waals surface area contributed by atoms with E-state index in [-0.39, 0.29) is 42.9 Å². The highest BCUT2D eigenvalue weighted by Gasteiger charge is 2.37. The largest absolute Gasteiger partial charge is 0.478 e. The Morgan fingerprint density at radius 3 is 1.49 bits per heavy atom. The molecule has 59 heavy (non-hydrogen) atoms. The quantitative estimate of drug-likeness (QED) is 0.123. The molecule has 0 radical (unpaired) electrons. The van der Waals surface area contributed by atoms with Gasteiger partial charge in [-0.25, -0.2) is 19.6 Å². The average molecular weight is 945 g/mol. The number of alkyl halides is 6. The SMILES string of the molecule is O=C(O)c1ccsc1-n1nnnc1Sc1nc(-c2cc(C(F)(F)F)cc(C(F)(F)F)c2)cs1.O=C(O)c1ccsc1-n1nnnc1Sc1nc(-c2ccc(Cl)cc2)cs1. The van der Waals surface area contributed by atoms with Gasteiger partial charge in [-0.3, -0.25) is 0 Å². The maximum absolute atomic E-state index is 13.1. The van der Waals surface area contributed by atoms with Gasteiger partial charge in [0.1, 0.15) is 10.0 Å². The molecule has 8 rings (SSSR count). The molecule has 0 atom stereocenters. The molecule has 6 heterocycles. The first-order valence-corrected chi connectivity index (χ1v) is 21.1. The smallest absolute Gasteiger partial charge is 0.416 e. The van der Waals surface area contributed by atoms with Crippen molar-refractivity contribution >= 4 is 92.4 Å². The van der Waals surface area contributed by atoms with Gasteiger partial charge in [0.15, 0.2) is 8.68 Å². The van der Waals surface area contributed by atoms with Gasteiger partial charge in [0, 0.05) is 26.9 Å². The Morgan fingerprint density at radius 1 is 0.627 bits per heavy atom. The number of hydrogen-bond donors (Lipinski definition) is 2. The molecule has 0 unspecified atom stereocenters. The highest BCUT2D eigenvalue weighted by molar-refractivity contribution is 8.01. The molecule has 6 aromatic heterocycles. The van der Waals surface area contributed by atoms with Crippen LogP contribution in [0.3, 0.4) is 0 Å². The van der Waals surface area contributed by atoms with Crippen LogP contribution in [-0.2, 0) is 12.4 Å². The molecule has 8 aromatic rings. The fourth-order valence-electron chi connectivity index (χ4n) is 4.75. The van der Waals surface area contributed by atoms with Gasteiger partial charge >= 0.3 is 24.3 Å². The lowest BCUT2D eigenvalue weighted by Gasteiger charge is -2.13. The number of tetrazole rings is 2. The Kier molecular flexibility index (Phi) is 12.2. The predicted octanol–water partition coefficient (Wildman–Crippen LogP) is 10.1. The summed E-state index contributed by atoms with van der Waals surface area (Å²) in [5.74, 6) is -2.22. The summed E-state index contributed by atoms with van der Waals surface area (Å²) in [5, 5.41) is 49.5. The molecule has 2 aromatic carbocycles. The minimum Gasteiger partial charge on any atom is -0.478 e. The van der Waals surface area contributed by atoms with E-state index in [0.29, 0.717) is 27.3 Å². The summed E-state index contributed by atoms with van der Waals surface area (Å²) in [5.41, 5.74) is -1.44. The number of benzene rings is 2. The first-order chi connectivity index (χ1) is 28.0. The van der Waals surface area contributed by atoms with Crippen LogP contribution in [0.1, 0.15) is 31.8 Å². The van der Waals surface area contributed by atoms with Crippen molar-refractivity contribution < 1.29 is 46.1 Å². The van der Waals surface area contributed by atoms with Gasteiger partial charge in [0.05, 0.1) is 33.6 Å². The van der Waals surface area contributed by atoms with Crippen LogP contribution in [0.4, 0.5) is 26.3 Å². The van der Waals surface area contributed by atoms with Crippen LogP contribution in [0.25, 0.3) is 32.5 Å². The normalized spacial score (nSPS) is 11.7. The number of nitrogens with zero attached hydrogens (tertiary/aromatic N) is 10. The number of hydrogen-bond acceptors (Lipinski definition) is 16. The van der Waals surface area contributed by atoms with Crippen molar-refractivity contribution in [1.29, 1.82) is 0 Å². The van der Waals surface area contributed by atoms with Crippen LogP contribution in [0, 0.1) is 0 Å². The van der Waals surface area contributed by atoms with Crippen molar-refractivity contribution in [3.05, 3.63) is 103 Å². The number of aromatic carboxylic acids is 2. The first kappa shape index (κ1) is 41.9. The van der Waals surface area contributed by atoms with Crippen LogP contribution in [0.15, 0.2) is 95.1 Å². The summed E-state index contributed by atoms with van der Waals surface area (Å²) in [7, 11) is 0. The van der Waals surface area contributed by atoms with E-state index < -0.39 is 35.4 Å². The number of aromatic nitrogens is 10. The summed E-state index contributed by atoms with van der Waals surface area (Å²) in [6.07, 6.45) is -9.96. The van der Waals surface area contributed by atoms with Gasteiger partial charge < -0.3 is 10.2 Å². The minimum atomic E-state index is -4.98. The number of thiazole rings is 2. The Morgan fingerprint density at radius 2 is 1.07 bits per heavy atom. The topological polar surface area (TPSA) is 188 Å². The van der Waals surface area contributed by atoms with Crippen molar-refractivity contribution in [3.63, 3.8) is 0 Å². The van der Waals surface area contributed by atoms with E-state index in [0.717, 1.165) is 54.7 Å². The van der Waals surface area contributed by atoms with E-state index in [1.54, 1.807) is 5.38 Å². The highest BCUT2D eigenvalue weighted by Crippen LogP contribution is 2.41. The number of halogens is 7.